The van der Waals surface area contributed by atoms with Gasteiger partial charge in [-0.1, -0.05) is 30.3 Å². The Bertz CT molecular complexity index is 677. The number of halogens is 1. The van der Waals surface area contributed by atoms with Gasteiger partial charge in [0.15, 0.2) is 11.6 Å². The molecule has 2 heterocycles. The summed E-state index contributed by atoms with van der Waals surface area (Å²) in [6.45, 7) is 0. The van der Waals surface area contributed by atoms with Crippen LogP contribution in [0.4, 0.5) is 5.82 Å². The second-order valence-electron chi connectivity index (χ2n) is 3.50. The van der Waals surface area contributed by atoms with Crippen LogP contribution in [0.1, 0.15) is 0 Å². The SMILES string of the molecule is Nc1ncnn2c(-c3ccccc3)nc(I)c12. The number of hydrogen-bond acceptors (Lipinski definition) is 4. The lowest BCUT2D eigenvalue weighted by molar-refractivity contribution is 0.904. The minimum Gasteiger partial charge on any atom is -0.382 e. The molecule has 0 fully saturated rings. The Labute approximate surface area is 111 Å². The van der Waals surface area contributed by atoms with Crippen LogP contribution in [0, 0.1) is 3.70 Å². The molecule has 84 valence electrons. The van der Waals surface area contributed by atoms with Crippen LogP contribution in [0.2, 0.25) is 0 Å². The van der Waals surface area contributed by atoms with E-state index in [0.717, 1.165) is 20.6 Å². The fourth-order valence-electron chi connectivity index (χ4n) is 1.69. The number of aromatic nitrogens is 4. The smallest absolute Gasteiger partial charge is 0.162 e. The quantitative estimate of drug-likeness (QED) is 0.690. The molecule has 6 heteroatoms. The van der Waals surface area contributed by atoms with Crippen molar-refractivity contribution in [1.82, 2.24) is 19.6 Å². The van der Waals surface area contributed by atoms with Crippen LogP contribution in [-0.4, -0.2) is 19.6 Å². The van der Waals surface area contributed by atoms with Crippen molar-refractivity contribution >= 4 is 33.9 Å². The zero-order valence-electron chi connectivity index (χ0n) is 8.71. The third-order valence-corrected chi connectivity index (χ3v) is 3.20. The first-order valence-electron chi connectivity index (χ1n) is 4.97. The largest absolute Gasteiger partial charge is 0.382 e. The molecule has 3 aromatic rings. The number of nitrogen functional groups attached to an aromatic ring is 1. The van der Waals surface area contributed by atoms with Crippen molar-refractivity contribution in [2.24, 2.45) is 0 Å². The summed E-state index contributed by atoms with van der Waals surface area (Å²) < 4.78 is 2.53. The Kier molecular flexibility index (Phi) is 2.43. The summed E-state index contributed by atoms with van der Waals surface area (Å²) in [6.07, 6.45) is 1.44. The van der Waals surface area contributed by atoms with E-state index >= 15 is 0 Å². The average molecular weight is 337 g/mol. The van der Waals surface area contributed by atoms with Crippen molar-refractivity contribution in [3.8, 4) is 11.4 Å². The molecule has 0 radical (unpaired) electrons. The zero-order valence-corrected chi connectivity index (χ0v) is 10.9. The van der Waals surface area contributed by atoms with Gasteiger partial charge >= 0.3 is 0 Å². The van der Waals surface area contributed by atoms with E-state index in [9.17, 15) is 0 Å². The third kappa shape index (κ3) is 1.64. The van der Waals surface area contributed by atoms with Crippen LogP contribution in [0.25, 0.3) is 16.9 Å². The van der Waals surface area contributed by atoms with Gasteiger partial charge in [-0.05, 0) is 22.6 Å². The lowest BCUT2D eigenvalue weighted by Crippen LogP contribution is -2.00. The number of nitrogens with two attached hydrogens (primary N) is 1. The van der Waals surface area contributed by atoms with E-state index < -0.39 is 0 Å². The standard InChI is InChI=1S/C11H8IN5/c12-9-8-10(13)14-6-15-17(8)11(16-9)7-4-2-1-3-5-7/h1-6H,(H2,13,14,15). The average Bonchev–Trinajstić information content (AvgIpc) is 2.69. The molecule has 1 aromatic carbocycles. The van der Waals surface area contributed by atoms with Gasteiger partial charge in [0.05, 0.1) is 0 Å². The van der Waals surface area contributed by atoms with Gasteiger partial charge in [0.2, 0.25) is 0 Å². The van der Waals surface area contributed by atoms with Crippen LogP contribution in [0.15, 0.2) is 36.7 Å². The molecule has 0 saturated heterocycles. The van der Waals surface area contributed by atoms with Crippen LogP contribution in [0.3, 0.4) is 0 Å². The molecule has 0 atom stereocenters. The maximum Gasteiger partial charge on any atom is 0.162 e. The monoisotopic (exact) mass is 337 g/mol. The predicted molar refractivity (Wildman–Crippen MR) is 73.3 cm³/mol. The molecule has 0 bridgehead atoms. The lowest BCUT2D eigenvalue weighted by atomic mass is 10.2. The number of nitrogens with zero attached hydrogens (tertiary/aromatic N) is 4. The Morgan fingerprint density at radius 2 is 1.94 bits per heavy atom. The van der Waals surface area contributed by atoms with Crippen LogP contribution >= 0.6 is 22.6 Å². The molecule has 0 saturated carbocycles. The van der Waals surface area contributed by atoms with Gasteiger partial charge < -0.3 is 5.73 Å². The van der Waals surface area contributed by atoms with E-state index in [-0.39, 0.29) is 0 Å². The van der Waals surface area contributed by atoms with Gasteiger partial charge in [0, 0.05) is 5.56 Å². The number of benzene rings is 1. The molecule has 0 aliphatic carbocycles. The van der Waals surface area contributed by atoms with Crippen molar-refractivity contribution in [2.75, 3.05) is 5.73 Å². The summed E-state index contributed by atoms with van der Waals surface area (Å²) in [6, 6.07) is 9.88. The highest BCUT2D eigenvalue weighted by molar-refractivity contribution is 14.1. The fraction of sp³-hybridized carbons (Fsp3) is 0. The van der Waals surface area contributed by atoms with Gasteiger partial charge in [-0.15, -0.1) is 0 Å². The molecule has 2 N–H and O–H groups in total. The molecule has 0 aliphatic heterocycles. The first-order valence-corrected chi connectivity index (χ1v) is 6.05. The minimum atomic E-state index is 0.444. The summed E-state index contributed by atoms with van der Waals surface area (Å²) in [4.78, 5) is 8.46. The fourth-order valence-corrected chi connectivity index (χ4v) is 2.42. The van der Waals surface area contributed by atoms with Crippen molar-refractivity contribution in [3.63, 3.8) is 0 Å². The van der Waals surface area contributed by atoms with E-state index in [2.05, 4.69) is 37.7 Å². The molecule has 5 nitrogen and oxygen atoms in total. The van der Waals surface area contributed by atoms with E-state index in [1.807, 2.05) is 30.3 Å². The van der Waals surface area contributed by atoms with Crippen LogP contribution in [-0.2, 0) is 0 Å². The maximum absolute atomic E-state index is 5.83. The van der Waals surface area contributed by atoms with Gasteiger partial charge in [-0.25, -0.2) is 14.5 Å². The van der Waals surface area contributed by atoms with Crippen molar-refractivity contribution < 1.29 is 0 Å². The number of imidazole rings is 1. The van der Waals surface area contributed by atoms with Crippen molar-refractivity contribution in [1.29, 1.82) is 0 Å². The molecule has 0 amide bonds. The van der Waals surface area contributed by atoms with Gasteiger partial charge in [-0.2, -0.15) is 5.10 Å². The molecule has 0 aliphatic rings. The minimum absolute atomic E-state index is 0.444. The molecular formula is C11H8IN5. The van der Waals surface area contributed by atoms with Crippen molar-refractivity contribution in [3.05, 3.63) is 40.4 Å². The highest BCUT2D eigenvalue weighted by Crippen LogP contribution is 2.24. The highest BCUT2D eigenvalue weighted by Gasteiger charge is 2.14. The third-order valence-electron chi connectivity index (χ3n) is 2.45. The molecule has 0 spiro atoms. The summed E-state index contributed by atoms with van der Waals surface area (Å²) in [5, 5.41) is 4.20. The molecule has 2 aromatic heterocycles. The normalized spacial score (nSPS) is 10.9. The maximum atomic E-state index is 5.83. The Balaban J connectivity index is 2.36. The van der Waals surface area contributed by atoms with Gasteiger partial charge in [0.25, 0.3) is 0 Å². The van der Waals surface area contributed by atoms with Crippen LogP contribution in [0.5, 0.6) is 0 Å². The van der Waals surface area contributed by atoms with Gasteiger partial charge in [0.1, 0.15) is 15.5 Å². The Morgan fingerprint density at radius 3 is 2.71 bits per heavy atom. The van der Waals surface area contributed by atoms with Crippen LogP contribution < -0.4 is 5.73 Å². The van der Waals surface area contributed by atoms with E-state index in [1.54, 1.807) is 4.52 Å². The number of fused-ring (bicyclic) bond motifs is 1. The lowest BCUT2D eigenvalue weighted by Gasteiger charge is -2.00. The highest BCUT2D eigenvalue weighted by atomic mass is 127. The number of hydrogen-bond donors (Lipinski definition) is 1. The molecular weight excluding hydrogens is 329 g/mol. The molecule has 0 unspecified atom stereocenters. The zero-order chi connectivity index (χ0) is 11.8. The predicted octanol–water partition coefficient (Wildman–Crippen LogP) is 1.98. The summed E-state index contributed by atoms with van der Waals surface area (Å²) in [5.74, 6) is 1.22. The van der Waals surface area contributed by atoms with E-state index in [4.69, 9.17) is 5.73 Å². The summed E-state index contributed by atoms with van der Waals surface area (Å²) >= 11 is 2.14. The first-order chi connectivity index (χ1) is 8.27. The van der Waals surface area contributed by atoms with E-state index in [1.165, 1.54) is 6.33 Å². The molecule has 3 rings (SSSR count). The van der Waals surface area contributed by atoms with Crippen molar-refractivity contribution in [2.45, 2.75) is 0 Å². The second kappa shape index (κ2) is 3.95. The Morgan fingerprint density at radius 1 is 1.18 bits per heavy atom. The van der Waals surface area contributed by atoms with Gasteiger partial charge in [-0.3, -0.25) is 0 Å². The summed E-state index contributed by atoms with van der Waals surface area (Å²) in [7, 11) is 0. The topological polar surface area (TPSA) is 69.1 Å². The first kappa shape index (κ1) is 10.5. The van der Waals surface area contributed by atoms with E-state index in [0.29, 0.717) is 5.82 Å². The number of rotatable bonds is 1. The Hall–Kier alpha value is -1.70. The number of anilines is 1. The second-order valence-corrected chi connectivity index (χ2v) is 4.52. The summed E-state index contributed by atoms with van der Waals surface area (Å²) in [5.41, 5.74) is 7.59. The molecule has 17 heavy (non-hydrogen) atoms.